The van der Waals surface area contributed by atoms with Gasteiger partial charge in [-0.2, -0.15) is 0 Å². The molecule has 0 radical (unpaired) electrons. The summed E-state index contributed by atoms with van der Waals surface area (Å²) in [5.74, 6) is 0. The zero-order chi connectivity index (χ0) is 7.52. The van der Waals surface area contributed by atoms with Crippen LogP contribution in [0.5, 0.6) is 0 Å². The predicted molar refractivity (Wildman–Crippen MR) is 48.8 cm³/mol. The van der Waals surface area contributed by atoms with E-state index in [1.165, 1.54) is 10.6 Å². The number of nitrogens with zero attached hydrogens (tertiary/aromatic N) is 1. The molecule has 0 fully saturated rings. The largest absolute Gasteiger partial charge is 0.365 e. The maximum atomic E-state index is 4.03. The summed E-state index contributed by atoms with van der Waals surface area (Å²) in [4.78, 5) is 5.30. The van der Waals surface area contributed by atoms with Gasteiger partial charge in [-0.3, -0.25) is 4.99 Å². The molecule has 2 heterocycles. The van der Waals surface area contributed by atoms with Gasteiger partial charge in [0, 0.05) is 6.21 Å². The second-order valence-electron chi connectivity index (χ2n) is 2.22. The molecular weight excluding hydrogens is 156 g/mol. The quantitative estimate of drug-likeness (QED) is 0.671. The standard InChI is InChI=1S/C8H8N2S/c1-2-8(11-5-1)7-3-4-9-6-10-7/h1-5,10H,6H2. The monoisotopic (exact) mass is 164 g/mol. The first-order valence-electron chi connectivity index (χ1n) is 3.45. The highest BCUT2D eigenvalue weighted by Crippen LogP contribution is 2.17. The van der Waals surface area contributed by atoms with Crippen molar-refractivity contribution in [2.75, 3.05) is 6.67 Å². The van der Waals surface area contributed by atoms with Crippen LogP contribution in [0.25, 0.3) is 5.70 Å². The molecule has 56 valence electrons. The van der Waals surface area contributed by atoms with Crippen LogP contribution in [0.4, 0.5) is 0 Å². The van der Waals surface area contributed by atoms with Crippen LogP contribution in [-0.4, -0.2) is 12.9 Å². The molecule has 2 nitrogen and oxygen atoms in total. The van der Waals surface area contributed by atoms with Crippen molar-refractivity contribution in [3.8, 4) is 0 Å². The van der Waals surface area contributed by atoms with Gasteiger partial charge in [0.2, 0.25) is 0 Å². The highest BCUT2D eigenvalue weighted by molar-refractivity contribution is 7.11. The van der Waals surface area contributed by atoms with Crippen LogP contribution in [0.3, 0.4) is 0 Å². The second kappa shape index (κ2) is 2.88. The normalized spacial score (nSPS) is 15.8. The van der Waals surface area contributed by atoms with E-state index in [-0.39, 0.29) is 0 Å². The fourth-order valence-corrected chi connectivity index (χ4v) is 1.70. The number of aliphatic imine (C=N–C) groups is 1. The molecule has 0 atom stereocenters. The molecule has 0 amide bonds. The Bertz CT molecular complexity index is 285. The van der Waals surface area contributed by atoms with E-state index in [0.29, 0.717) is 6.67 Å². The van der Waals surface area contributed by atoms with Crippen LogP contribution in [0.15, 0.2) is 28.6 Å². The molecule has 0 spiro atoms. The average molecular weight is 164 g/mol. The van der Waals surface area contributed by atoms with Gasteiger partial charge in [-0.1, -0.05) is 6.07 Å². The van der Waals surface area contributed by atoms with E-state index in [9.17, 15) is 0 Å². The Labute approximate surface area is 69.3 Å². The number of nitrogens with one attached hydrogen (secondary N) is 1. The first-order valence-corrected chi connectivity index (χ1v) is 4.32. The maximum Gasteiger partial charge on any atom is 0.107 e. The molecule has 11 heavy (non-hydrogen) atoms. The van der Waals surface area contributed by atoms with Gasteiger partial charge in [-0.15, -0.1) is 11.3 Å². The zero-order valence-electron chi connectivity index (χ0n) is 5.95. The third-order valence-electron chi connectivity index (χ3n) is 1.49. The van der Waals surface area contributed by atoms with Crippen LogP contribution < -0.4 is 5.32 Å². The van der Waals surface area contributed by atoms with Crippen LogP contribution >= 0.6 is 11.3 Å². The SMILES string of the molecule is C1=NCNC(c2cccs2)=C1. The van der Waals surface area contributed by atoms with Crippen molar-refractivity contribution in [3.63, 3.8) is 0 Å². The molecule has 1 N–H and O–H groups in total. The highest BCUT2D eigenvalue weighted by atomic mass is 32.1. The molecule has 0 unspecified atom stereocenters. The topological polar surface area (TPSA) is 24.4 Å². The van der Waals surface area contributed by atoms with Gasteiger partial charge in [0.15, 0.2) is 0 Å². The Morgan fingerprint density at radius 2 is 2.55 bits per heavy atom. The van der Waals surface area contributed by atoms with Crippen molar-refractivity contribution in [2.24, 2.45) is 4.99 Å². The van der Waals surface area contributed by atoms with E-state index < -0.39 is 0 Å². The minimum Gasteiger partial charge on any atom is -0.365 e. The Hall–Kier alpha value is -1.09. The molecule has 1 aromatic heterocycles. The Morgan fingerprint density at radius 3 is 3.18 bits per heavy atom. The summed E-state index contributed by atoms with van der Waals surface area (Å²) in [6.07, 6.45) is 3.83. The second-order valence-corrected chi connectivity index (χ2v) is 3.17. The van der Waals surface area contributed by atoms with Crippen LogP contribution in [0.2, 0.25) is 0 Å². The first-order chi connectivity index (χ1) is 5.47. The van der Waals surface area contributed by atoms with Gasteiger partial charge in [0.25, 0.3) is 0 Å². The fourth-order valence-electron chi connectivity index (χ4n) is 0.971. The third kappa shape index (κ3) is 1.33. The summed E-state index contributed by atoms with van der Waals surface area (Å²) < 4.78 is 0. The number of hydrogen-bond acceptors (Lipinski definition) is 3. The Morgan fingerprint density at radius 1 is 1.55 bits per heavy atom. The number of hydrogen-bond donors (Lipinski definition) is 1. The Balaban J connectivity index is 2.29. The minimum absolute atomic E-state index is 0.698. The zero-order valence-corrected chi connectivity index (χ0v) is 6.77. The average Bonchev–Trinajstić information content (AvgIpc) is 2.58. The van der Waals surface area contributed by atoms with Crippen LogP contribution in [-0.2, 0) is 0 Å². The van der Waals surface area contributed by atoms with Gasteiger partial charge in [-0.05, 0) is 17.5 Å². The van der Waals surface area contributed by atoms with E-state index in [2.05, 4.69) is 21.8 Å². The molecule has 0 aromatic carbocycles. The number of rotatable bonds is 1. The van der Waals surface area contributed by atoms with Crippen molar-refractivity contribution in [1.29, 1.82) is 0 Å². The molecule has 1 aromatic rings. The van der Waals surface area contributed by atoms with E-state index in [1.807, 2.05) is 18.4 Å². The smallest absolute Gasteiger partial charge is 0.107 e. The lowest BCUT2D eigenvalue weighted by Gasteiger charge is -2.08. The van der Waals surface area contributed by atoms with Crippen molar-refractivity contribution in [1.82, 2.24) is 5.32 Å². The highest BCUT2D eigenvalue weighted by Gasteiger charge is 2.01. The molecular formula is C8H8N2S. The van der Waals surface area contributed by atoms with Crippen molar-refractivity contribution in [2.45, 2.75) is 0 Å². The van der Waals surface area contributed by atoms with E-state index in [1.54, 1.807) is 11.3 Å². The summed E-state index contributed by atoms with van der Waals surface area (Å²) in [6.45, 7) is 0.698. The molecule has 0 bridgehead atoms. The summed E-state index contributed by atoms with van der Waals surface area (Å²) in [6, 6.07) is 4.15. The lowest BCUT2D eigenvalue weighted by Crippen LogP contribution is -2.14. The summed E-state index contributed by atoms with van der Waals surface area (Å²) in [5, 5.41) is 5.27. The summed E-state index contributed by atoms with van der Waals surface area (Å²) in [5.41, 5.74) is 1.18. The van der Waals surface area contributed by atoms with Crippen LogP contribution in [0.1, 0.15) is 4.88 Å². The van der Waals surface area contributed by atoms with E-state index in [4.69, 9.17) is 0 Å². The van der Waals surface area contributed by atoms with Crippen molar-refractivity contribution < 1.29 is 0 Å². The maximum absolute atomic E-state index is 4.03. The lowest BCUT2D eigenvalue weighted by molar-refractivity contribution is 0.902. The van der Waals surface area contributed by atoms with Gasteiger partial charge >= 0.3 is 0 Å². The van der Waals surface area contributed by atoms with Crippen LogP contribution in [0, 0.1) is 0 Å². The molecule has 3 heteroatoms. The molecule has 0 aliphatic carbocycles. The van der Waals surface area contributed by atoms with Gasteiger partial charge < -0.3 is 5.32 Å². The number of allylic oxidation sites excluding steroid dienone is 1. The molecule has 1 aliphatic heterocycles. The number of thiophene rings is 1. The third-order valence-corrected chi connectivity index (χ3v) is 2.40. The van der Waals surface area contributed by atoms with E-state index >= 15 is 0 Å². The molecule has 0 saturated carbocycles. The van der Waals surface area contributed by atoms with Gasteiger partial charge in [-0.25, -0.2) is 0 Å². The predicted octanol–water partition coefficient (Wildman–Crippen LogP) is 1.72. The molecule has 2 rings (SSSR count). The van der Waals surface area contributed by atoms with Crippen molar-refractivity contribution >= 4 is 23.2 Å². The van der Waals surface area contributed by atoms with Gasteiger partial charge in [0.05, 0.1) is 10.6 Å². The molecule has 1 aliphatic rings. The summed E-state index contributed by atoms with van der Waals surface area (Å²) in [7, 11) is 0. The minimum atomic E-state index is 0.698. The Kier molecular flexibility index (Phi) is 1.73. The first kappa shape index (κ1) is 6.61. The van der Waals surface area contributed by atoms with Gasteiger partial charge in [0.1, 0.15) is 6.67 Å². The summed E-state index contributed by atoms with van der Waals surface area (Å²) >= 11 is 1.74. The molecule has 0 saturated heterocycles. The fraction of sp³-hybridized carbons (Fsp3) is 0.125. The van der Waals surface area contributed by atoms with Crippen molar-refractivity contribution in [3.05, 3.63) is 28.5 Å². The van der Waals surface area contributed by atoms with E-state index in [0.717, 1.165) is 0 Å². The lowest BCUT2D eigenvalue weighted by atomic mass is 10.3.